The van der Waals surface area contributed by atoms with Gasteiger partial charge in [-0.3, -0.25) is 0 Å². The van der Waals surface area contributed by atoms with E-state index in [1.54, 1.807) is 84.9 Å². The predicted octanol–water partition coefficient (Wildman–Crippen LogP) is 12.2. The van der Waals surface area contributed by atoms with Gasteiger partial charge in [0.15, 0.2) is 0 Å². The predicted molar refractivity (Wildman–Crippen MR) is 196 cm³/mol. The van der Waals surface area contributed by atoms with Gasteiger partial charge < -0.3 is 14.2 Å². The Labute approximate surface area is 308 Å². The molecular formula is C41H27F6NO3S2. The molecular weight excluding hydrogens is 733 g/mol. The molecule has 1 aliphatic carbocycles. The number of benzene rings is 4. The fourth-order valence-corrected chi connectivity index (χ4v) is 8.60. The number of nitrogens with zero attached hydrogens (tertiary/aromatic N) is 1. The summed E-state index contributed by atoms with van der Waals surface area (Å²) in [6.45, 7) is 0. The zero-order chi connectivity index (χ0) is 37.7. The lowest BCUT2D eigenvalue weighted by molar-refractivity contribution is -0.254. The van der Waals surface area contributed by atoms with Crippen LogP contribution in [0, 0.1) is 11.3 Å². The van der Waals surface area contributed by atoms with Crippen molar-refractivity contribution >= 4 is 33.8 Å². The van der Waals surface area contributed by atoms with Crippen LogP contribution in [-0.4, -0.2) is 39.1 Å². The number of ether oxygens (including phenoxy) is 3. The number of alkyl halides is 6. The first-order valence-corrected chi connectivity index (χ1v) is 17.6. The van der Waals surface area contributed by atoms with Crippen LogP contribution in [0.4, 0.5) is 26.3 Å². The molecule has 268 valence electrons. The molecule has 0 atom stereocenters. The molecule has 2 aromatic heterocycles. The molecule has 0 bridgehead atoms. The van der Waals surface area contributed by atoms with Crippen LogP contribution >= 0.6 is 22.7 Å². The van der Waals surface area contributed by atoms with Crippen molar-refractivity contribution in [3.63, 3.8) is 0 Å². The molecule has 4 nitrogen and oxygen atoms in total. The summed E-state index contributed by atoms with van der Waals surface area (Å²) in [7, 11) is 4.37. The van der Waals surface area contributed by atoms with Gasteiger partial charge in [0.2, 0.25) is 0 Å². The Bertz CT molecular complexity index is 2370. The largest absolute Gasteiger partial charge is 0.497 e. The Morgan fingerprint density at radius 2 is 0.811 bits per heavy atom. The number of hydrogen-bond acceptors (Lipinski definition) is 6. The summed E-state index contributed by atoms with van der Waals surface area (Å²) in [6.07, 6.45) is 0. The van der Waals surface area contributed by atoms with E-state index < -0.39 is 40.0 Å². The lowest BCUT2D eigenvalue weighted by atomic mass is 9.92. The fraction of sp³-hybridized carbons (Fsp3) is 0.146. The Balaban J connectivity index is 1.56. The minimum absolute atomic E-state index is 0.0734. The first-order chi connectivity index (χ1) is 25.3. The van der Waals surface area contributed by atoms with Crippen LogP contribution in [-0.2, 0) is 0 Å². The third-order valence-corrected chi connectivity index (χ3v) is 11.5. The summed E-state index contributed by atoms with van der Waals surface area (Å²) < 4.78 is 113. The summed E-state index contributed by atoms with van der Waals surface area (Å²) >= 11 is 2.00. The van der Waals surface area contributed by atoms with Crippen molar-refractivity contribution < 1.29 is 40.6 Å². The molecule has 0 saturated heterocycles. The van der Waals surface area contributed by atoms with Crippen LogP contribution in [0.25, 0.3) is 52.9 Å². The van der Waals surface area contributed by atoms with Crippen LogP contribution in [0.2, 0.25) is 0 Å². The first-order valence-electron chi connectivity index (χ1n) is 16.0. The highest BCUT2D eigenvalue weighted by molar-refractivity contribution is 7.19. The molecule has 6 aromatic rings. The van der Waals surface area contributed by atoms with Gasteiger partial charge in [0.25, 0.3) is 0 Å². The van der Waals surface area contributed by atoms with Crippen LogP contribution < -0.4 is 14.2 Å². The quantitative estimate of drug-likeness (QED) is 0.138. The van der Waals surface area contributed by atoms with E-state index in [0.29, 0.717) is 54.8 Å². The molecule has 0 radical (unpaired) electrons. The highest BCUT2D eigenvalue weighted by atomic mass is 32.1. The Hall–Kier alpha value is -5.51. The van der Waals surface area contributed by atoms with E-state index in [9.17, 15) is 5.26 Å². The van der Waals surface area contributed by atoms with Gasteiger partial charge in [0, 0.05) is 41.8 Å². The molecule has 2 heterocycles. The van der Waals surface area contributed by atoms with E-state index in [1.807, 2.05) is 6.07 Å². The smallest absolute Gasteiger partial charge is 0.380 e. The average molecular weight is 760 g/mol. The van der Waals surface area contributed by atoms with Gasteiger partial charge in [-0.1, -0.05) is 12.1 Å². The van der Waals surface area contributed by atoms with Crippen LogP contribution in [0.3, 0.4) is 0 Å². The standard InChI is InChI=1S/C41H27F6NO3S2/c1-49-28-14-8-25(9-15-28)34-21-32(38(53-34)27-12-18-30(51-3)19-13-27)36-35(39(42,43)41(46,47)40(36,44)45)31-20-33(24-6-4-23(22-48)5-7-24)52-37(31)26-10-16-29(50-2)17-11-26/h4-21H,1-3H3. The molecule has 0 saturated carbocycles. The van der Waals surface area contributed by atoms with Crippen molar-refractivity contribution in [3.8, 4) is 65.1 Å². The van der Waals surface area contributed by atoms with E-state index in [4.69, 9.17) is 14.2 Å². The summed E-state index contributed by atoms with van der Waals surface area (Å²) in [5.74, 6) is -15.0. The molecule has 0 spiro atoms. The van der Waals surface area contributed by atoms with Crippen molar-refractivity contribution in [1.82, 2.24) is 0 Å². The van der Waals surface area contributed by atoms with Crippen LogP contribution in [0.5, 0.6) is 17.2 Å². The number of halogens is 6. The van der Waals surface area contributed by atoms with Crippen LogP contribution in [0.15, 0.2) is 109 Å². The SMILES string of the molecule is COc1ccc(-c2cc(C3=C(c4cc(-c5ccc(C#N)cc5)sc4-c4ccc(OC)cc4)C(F)(F)C(F)(F)C3(F)F)c(-c3ccc(OC)cc3)s2)cc1. The average Bonchev–Trinajstić information content (AvgIpc) is 3.84. The summed E-state index contributed by atoms with van der Waals surface area (Å²) in [6, 6.07) is 29.9. The number of hydrogen-bond donors (Lipinski definition) is 0. The van der Waals surface area contributed by atoms with E-state index in [2.05, 4.69) is 0 Å². The molecule has 1 aliphatic rings. The van der Waals surface area contributed by atoms with Gasteiger partial charge in [-0.2, -0.15) is 31.6 Å². The number of nitriles is 1. The number of allylic oxidation sites excluding steroid dienone is 2. The van der Waals surface area contributed by atoms with E-state index in [1.165, 1.54) is 45.6 Å². The lowest BCUT2D eigenvalue weighted by Crippen LogP contribution is -2.48. The van der Waals surface area contributed by atoms with Gasteiger partial charge >= 0.3 is 17.8 Å². The van der Waals surface area contributed by atoms with Crippen molar-refractivity contribution in [2.75, 3.05) is 21.3 Å². The van der Waals surface area contributed by atoms with Crippen molar-refractivity contribution in [2.45, 2.75) is 17.8 Å². The van der Waals surface area contributed by atoms with Crippen molar-refractivity contribution in [3.05, 3.63) is 126 Å². The van der Waals surface area contributed by atoms with Crippen LogP contribution in [0.1, 0.15) is 16.7 Å². The summed E-state index contributed by atoms with van der Waals surface area (Å²) in [5.41, 5.74) is -1.83. The molecule has 0 N–H and O–H groups in total. The minimum Gasteiger partial charge on any atom is -0.497 e. The molecule has 4 aromatic carbocycles. The van der Waals surface area contributed by atoms with E-state index in [-0.39, 0.29) is 9.75 Å². The van der Waals surface area contributed by atoms with E-state index in [0.717, 1.165) is 22.7 Å². The lowest BCUT2D eigenvalue weighted by Gasteiger charge is -2.26. The maximum atomic E-state index is 16.5. The second kappa shape index (κ2) is 13.5. The number of thiophene rings is 2. The minimum atomic E-state index is -5.79. The Morgan fingerprint density at radius 1 is 0.491 bits per heavy atom. The monoisotopic (exact) mass is 759 g/mol. The third-order valence-electron chi connectivity index (χ3n) is 9.05. The number of rotatable bonds is 9. The highest BCUT2D eigenvalue weighted by Crippen LogP contribution is 2.67. The normalized spacial score (nSPS) is 15.6. The van der Waals surface area contributed by atoms with Crippen molar-refractivity contribution in [2.24, 2.45) is 0 Å². The molecule has 12 heteroatoms. The number of methoxy groups -OCH3 is 3. The van der Waals surface area contributed by atoms with Gasteiger partial charge in [-0.25, -0.2) is 0 Å². The molecule has 7 rings (SSSR count). The zero-order valence-corrected chi connectivity index (χ0v) is 29.8. The highest BCUT2D eigenvalue weighted by Gasteiger charge is 2.80. The van der Waals surface area contributed by atoms with Gasteiger partial charge in [-0.05, 0) is 119 Å². The molecule has 0 unspecified atom stereocenters. The van der Waals surface area contributed by atoms with Gasteiger partial charge in [0.05, 0.1) is 33.0 Å². The Kier molecular flexibility index (Phi) is 9.12. The molecule has 0 aliphatic heterocycles. The van der Waals surface area contributed by atoms with Gasteiger partial charge in [-0.15, -0.1) is 22.7 Å². The zero-order valence-electron chi connectivity index (χ0n) is 28.1. The molecule has 0 amide bonds. The second-order valence-corrected chi connectivity index (χ2v) is 14.2. The molecule has 53 heavy (non-hydrogen) atoms. The summed E-state index contributed by atoms with van der Waals surface area (Å²) in [4.78, 5) is 0.890. The summed E-state index contributed by atoms with van der Waals surface area (Å²) in [5, 5.41) is 9.30. The second-order valence-electron chi connectivity index (χ2n) is 12.1. The Morgan fingerprint density at radius 3 is 1.13 bits per heavy atom. The maximum absolute atomic E-state index is 16.5. The third kappa shape index (κ3) is 5.94. The molecule has 0 fully saturated rings. The fourth-order valence-electron chi connectivity index (χ4n) is 6.25. The maximum Gasteiger partial charge on any atom is 0.380 e. The van der Waals surface area contributed by atoms with Crippen molar-refractivity contribution in [1.29, 1.82) is 5.26 Å². The van der Waals surface area contributed by atoms with Gasteiger partial charge in [0.1, 0.15) is 17.2 Å². The van der Waals surface area contributed by atoms with E-state index >= 15 is 26.3 Å². The first kappa shape index (κ1) is 35.9. The topological polar surface area (TPSA) is 51.5 Å².